The van der Waals surface area contributed by atoms with E-state index in [4.69, 9.17) is 0 Å². The number of thioether (sulfide) groups is 1. The van der Waals surface area contributed by atoms with Gasteiger partial charge in [0.05, 0.1) is 0 Å². The Kier molecular flexibility index (Phi) is 4.85. The summed E-state index contributed by atoms with van der Waals surface area (Å²) in [6.07, 6.45) is 5.97. The van der Waals surface area contributed by atoms with Crippen molar-refractivity contribution in [3.63, 3.8) is 0 Å². The average Bonchev–Trinajstić information content (AvgIpc) is 2.60. The van der Waals surface area contributed by atoms with Crippen molar-refractivity contribution in [1.29, 1.82) is 0 Å². The highest BCUT2D eigenvalue weighted by molar-refractivity contribution is 8.01. The maximum Gasteiger partial charge on any atom is 0.121 e. The Morgan fingerprint density at radius 2 is 2.18 bits per heavy atom. The lowest BCUT2D eigenvalue weighted by Gasteiger charge is -2.46. The van der Waals surface area contributed by atoms with Crippen LogP contribution in [0.4, 0.5) is 0 Å². The third-order valence-electron chi connectivity index (χ3n) is 4.51. The first kappa shape index (κ1) is 14.8. The minimum absolute atomic E-state index is 0.147. The van der Waals surface area contributed by atoms with E-state index in [2.05, 4.69) is 45.4 Å². The molecular weight excluding hydrogens is 230 g/mol. The van der Waals surface area contributed by atoms with Crippen LogP contribution in [0.5, 0.6) is 0 Å². The number of carbonyl (C=O) groups is 1. The average molecular weight is 255 g/mol. The minimum atomic E-state index is 0.147. The van der Waals surface area contributed by atoms with Gasteiger partial charge in [-0.3, -0.25) is 4.90 Å². The molecule has 0 N–H and O–H groups in total. The lowest BCUT2D eigenvalue weighted by atomic mass is 9.79. The van der Waals surface area contributed by atoms with Crippen LogP contribution in [-0.4, -0.2) is 40.3 Å². The van der Waals surface area contributed by atoms with Crippen molar-refractivity contribution in [2.75, 3.05) is 13.6 Å². The summed E-state index contributed by atoms with van der Waals surface area (Å²) in [5.74, 6) is 0. The first-order valence-corrected chi connectivity index (χ1v) is 7.26. The van der Waals surface area contributed by atoms with Crippen LogP contribution in [0.2, 0.25) is 0 Å². The lowest BCUT2D eigenvalue weighted by Crippen LogP contribution is -2.55. The maximum atomic E-state index is 10.5. The molecule has 0 aromatic heterocycles. The zero-order chi connectivity index (χ0) is 13.1. The molecule has 17 heavy (non-hydrogen) atoms. The fourth-order valence-corrected chi connectivity index (χ4v) is 4.59. The third-order valence-corrected chi connectivity index (χ3v) is 6.42. The molecule has 3 atom stereocenters. The molecule has 0 amide bonds. The first-order valence-electron chi connectivity index (χ1n) is 6.38. The van der Waals surface area contributed by atoms with E-state index in [0.717, 1.165) is 25.7 Å². The Morgan fingerprint density at radius 1 is 1.53 bits per heavy atom. The largest absolute Gasteiger partial charge is 0.303 e. The minimum Gasteiger partial charge on any atom is -0.303 e. The highest BCUT2D eigenvalue weighted by atomic mass is 32.2. The smallest absolute Gasteiger partial charge is 0.121 e. The van der Waals surface area contributed by atoms with Gasteiger partial charge in [-0.2, -0.15) is 0 Å². The van der Waals surface area contributed by atoms with Crippen LogP contribution < -0.4 is 0 Å². The number of carbonyl (C=O) groups excluding carboxylic acids is 1. The Bertz CT molecular complexity index is 294. The summed E-state index contributed by atoms with van der Waals surface area (Å²) in [6, 6.07) is 0. The monoisotopic (exact) mass is 255 g/mol. The number of hydrogen-bond acceptors (Lipinski definition) is 3. The van der Waals surface area contributed by atoms with Gasteiger partial charge in [0.15, 0.2) is 0 Å². The Hall–Kier alpha value is -0.280. The SMILES string of the molecule is C=CC1CC(C)(N(C)CCC=O)C(C)(CC)S1. The molecule has 1 fully saturated rings. The molecule has 3 heteroatoms. The predicted molar refractivity (Wildman–Crippen MR) is 76.6 cm³/mol. The van der Waals surface area contributed by atoms with Crippen LogP contribution >= 0.6 is 11.8 Å². The van der Waals surface area contributed by atoms with Crippen molar-refractivity contribution >= 4 is 18.0 Å². The highest BCUT2D eigenvalue weighted by Gasteiger charge is 2.53. The zero-order valence-corrected chi connectivity index (χ0v) is 12.3. The molecule has 0 aliphatic carbocycles. The molecule has 1 saturated heterocycles. The second-order valence-corrected chi connectivity index (χ2v) is 7.07. The van der Waals surface area contributed by atoms with E-state index in [1.54, 1.807) is 0 Å². The molecule has 0 aromatic carbocycles. The van der Waals surface area contributed by atoms with Crippen molar-refractivity contribution in [2.24, 2.45) is 0 Å². The van der Waals surface area contributed by atoms with Crippen LogP contribution in [0.3, 0.4) is 0 Å². The summed E-state index contributed by atoms with van der Waals surface area (Å²) in [6.45, 7) is 11.7. The van der Waals surface area contributed by atoms with E-state index in [0.29, 0.717) is 11.7 Å². The Labute approximate surface area is 110 Å². The van der Waals surface area contributed by atoms with Crippen molar-refractivity contribution in [1.82, 2.24) is 4.90 Å². The van der Waals surface area contributed by atoms with Crippen LogP contribution in [0.1, 0.15) is 40.0 Å². The van der Waals surface area contributed by atoms with Gasteiger partial charge in [-0.25, -0.2) is 0 Å². The quantitative estimate of drug-likeness (QED) is 0.537. The predicted octanol–water partition coefficient (Wildman–Crippen LogP) is 3.13. The second-order valence-electron chi connectivity index (χ2n) is 5.33. The summed E-state index contributed by atoms with van der Waals surface area (Å²) in [7, 11) is 2.14. The van der Waals surface area contributed by atoms with E-state index in [9.17, 15) is 4.79 Å². The molecule has 0 radical (unpaired) electrons. The molecule has 2 nitrogen and oxygen atoms in total. The van der Waals surface area contributed by atoms with Crippen LogP contribution in [-0.2, 0) is 4.79 Å². The molecule has 98 valence electrons. The lowest BCUT2D eigenvalue weighted by molar-refractivity contribution is -0.108. The van der Waals surface area contributed by atoms with E-state index >= 15 is 0 Å². The Balaban J connectivity index is 2.89. The van der Waals surface area contributed by atoms with Gasteiger partial charge in [0.1, 0.15) is 6.29 Å². The summed E-state index contributed by atoms with van der Waals surface area (Å²) in [5.41, 5.74) is 0.147. The van der Waals surface area contributed by atoms with Gasteiger partial charge in [0, 0.05) is 28.5 Å². The molecular formula is C14H25NOS. The molecule has 3 unspecified atom stereocenters. The van der Waals surface area contributed by atoms with E-state index in [1.165, 1.54) is 0 Å². The standard InChI is InChI=1S/C14H25NOS/c1-6-12-11-13(3,14(4,7-2)17-12)15(5)9-8-10-16/h6,10,12H,1,7-9,11H2,2-5H3. The van der Waals surface area contributed by atoms with Crippen molar-refractivity contribution in [3.8, 4) is 0 Å². The van der Waals surface area contributed by atoms with Gasteiger partial charge < -0.3 is 4.79 Å². The molecule has 1 aliphatic rings. The third kappa shape index (κ3) is 2.60. The number of aldehydes is 1. The molecule has 1 rings (SSSR count). The van der Waals surface area contributed by atoms with Crippen LogP contribution in [0.15, 0.2) is 12.7 Å². The maximum absolute atomic E-state index is 10.5. The van der Waals surface area contributed by atoms with Crippen molar-refractivity contribution in [3.05, 3.63) is 12.7 Å². The fourth-order valence-electron chi connectivity index (χ4n) is 2.76. The van der Waals surface area contributed by atoms with Crippen LogP contribution in [0, 0.1) is 0 Å². The number of nitrogens with zero attached hydrogens (tertiary/aromatic N) is 1. The van der Waals surface area contributed by atoms with E-state index in [-0.39, 0.29) is 10.3 Å². The van der Waals surface area contributed by atoms with Crippen molar-refractivity contribution in [2.45, 2.75) is 55.6 Å². The number of rotatable bonds is 6. The molecule has 0 aromatic rings. The summed E-state index contributed by atoms with van der Waals surface area (Å²) in [5, 5.41) is 0.531. The van der Waals surface area contributed by atoms with E-state index in [1.807, 2.05) is 11.8 Å². The Morgan fingerprint density at radius 3 is 2.65 bits per heavy atom. The van der Waals surface area contributed by atoms with Gasteiger partial charge in [-0.1, -0.05) is 13.0 Å². The second kappa shape index (κ2) is 5.57. The fraction of sp³-hybridized carbons (Fsp3) is 0.786. The molecule has 1 aliphatic heterocycles. The number of hydrogen-bond donors (Lipinski definition) is 0. The highest BCUT2D eigenvalue weighted by Crippen LogP contribution is 2.54. The molecule has 0 bridgehead atoms. The van der Waals surface area contributed by atoms with Gasteiger partial charge >= 0.3 is 0 Å². The van der Waals surface area contributed by atoms with Gasteiger partial charge in [0.25, 0.3) is 0 Å². The van der Waals surface area contributed by atoms with Gasteiger partial charge in [-0.05, 0) is 33.7 Å². The van der Waals surface area contributed by atoms with Crippen LogP contribution in [0.25, 0.3) is 0 Å². The molecule has 1 heterocycles. The van der Waals surface area contributed by atoms with Gasteiger partial charge in [0.2, 0.25) is 0 Å². The topological polar surface area (TPSA) is 20.3 Å². The zero-order valence-electron chi connectivity index (χ0n) is 11.5. The van der Waals surface area contributed by atoms with E-state index < -0.39 is 0 Å². The summed E-state index contributed by atoms with van der Waals surface area (Å²) < 4.78 is 0.240. The summed E-state index contributed by atoms with van der Waals surface area (Å²) >= 11 is 2.03. The summed E-state index contributed by atoms with van der Waals surface area (Å²) in [4.78, 5) is 12.9. The molecule has 0 saturated carbocycles. The first-order chi connectivity index (χ1) is 7.93. The van der Waals surface area contributed by atoms with Gasteiger partial charge in [-0.15, -0.1) is 18.3 Å². The normalized spacial score (nSPS) is 37.4. The molecule has 0 spiro atoms. The van der Waals surface area contributed by atoms with Crippen molar-refractivity contribution < 1.29 is 4.79 Å².